The second-order valence-electron chi connectivity index (χ2n) is 6.55. The number of carbonyl (C=O) groups excluding carboxylic acids is 1. The smallest absolute Gasteiger partial charge is 0.234 e. The number of aromatic nitrogens is 4. The lowest BCUT2D eigenvalue weighted by Gasteiger charge is -2.32. The molecule has 1 unspecified atom stereocenters. The first-order valence-corrected chi connectivity index (χ1v) is 9.78. The van der Waals surface area contributed by atoms with E-state index in [9.17, 15) is 10.1 Å². The van der Waals surface area contributed by atoms with Gasteiger partial charge < -0.3 is 10.1 Å². The molecule has 1 aromatic carbocycles. The molecule has 1 aromatic heterocycles. The molecular weight excluding hydrogens is 364 g/mol. The second kappa shape index (κ2) is 8.39. The van der Waals surface area contributed by atoms with Gasteiger partial charge in [-0.2, -0.15) is 9.94 Å². The van der Waals surface area contributed by atoms with Crippen LogP contribution in [-0.4, -0.2) is 44.0 Å². The first kappa shape index (κ1) is 19.2. The van der Waals surface area contributed by atoms with Crippen LogP contribution in [0.5, 0.6) is 5.75 Å². The van der Waals surface area contributed by atoms with Gasteiger partial charge in [-0.15, -0.1) is 5.10 Å². The van der Waals surface area contributed by atoms with Crippen molar-refractivity contribution in [2.24, 2.45) is 0 Å². The quantitative estimate of drug-likeness (QED) is 0.760. The van der Waals surface area contributed by atoms with E-state index in [0.29, 0.717) is 29.4 Å². The number of para-hydroxylation sites is 2. The van der Waals surface area contributed by atoms with E-state index in [0.717, 1.165) is 19.3 Å². The van der Waals surface area contributed by atoms with Gasteiger partial charge >= 0.3 is 0 Å². The summed E-state index contributed by atoms with van der Waals surface area (Å²) in [5, 5.41) is 24.3. The topological polar surface area (TPSA) is 106 Å². The summed E-state index contributed by atoms with van der Waals surface area (Å²) in [6.07, 6.45) is 4.43. The molecule has 1 fully saturated rings. The number of nitrogens with one attached hydrogen (secondary N) is 1. The maximum absolute atomic E-state index is 12.7. The summed E-state index contributed by atoms with van der Waals surface area (Å²) >= 11 is 1.25. The minimum Gasteiger partial charge on any atom is -0.494 e. The van der Waals surface area contributed by atoms with Crippen LogP contribution in [-0.2, 0) is 4.79 Å². The van der Waals surface area contributed by atoms with Crippen LogP contribution in [0.3, 0.4) is 0 Å². The van der Waals surface area contributed by atoms with Crippen molar-refractivity contribution >= 4 is 17.7 Å². The highest BCUT2D eigenvalue weighted by atomic mass is 32.2. The zero-order valence-corrected chi connectivity index (χ0v) is 16.2. The highest BCUT2D eigenvalue weighted by Crippen LogP contribution is 2.30. The highest BCUT2D eigenvalue weighted by molar-refractivity contribution is 8.00. The summed E-state index contributed by atoms with van der Waals surface area (Å²) in [7, 11) is 1.58. The molecule has 1 heterocycles. The lowest BCUT2D eigenvalue weighted by Crippen LogP contribution is -2.50. The van der Waals surface area contributed by atoms with E-state index in [1.807, 2.05) is 24.3 Å². The van der Waals surface area contributed by atoms with Crippen LogP contribution >= 0.6 is 11.8 Å². The summed E-state index contributed by atoms with van der Waals surface area (Å²) in [6, 6.07) is 9.70. The number of carbonyl (C=O) groups is 1. The van der Waals surface area contributed by atoms with Crippen LogP contribution in [0.1, 0.15) is 39.0 Å². The SMILES string of the molecule is COc1ccccc1-n1nnnc1SC(C)C(=O)NC1(C#N)CCCCC1. The van der Waals surface area contributed by atoms with E-state index in [1.165, 1.54) is 11.8 Å². The van der Waals surface area contributed by atoms with Crippen molar-refractivity contribution in [3.63, 3.8) is 0 Å². The van der Waals surface area contributed by atoms with Crippen molar-refractivity contribution < 1.29 is 9.53 Å². The summed E-state index contributed by atoms with van der Waals surface area (Å²) < 4.78 is 6.91. The van der Waals surface area contributed by atoms with Gasteiger partial charge in [0.05, 0.1) is 18.4 Å². The molecule has 0 saturated heterocycles. The molecule has 27 heavy (non-hydrogen) atoms. The Labute approximate surface area is 162 Å². The molecule has 3 rings (SSSR count). The van der Waals surface area contributed by atoms with E-state index in [4.69, 9.17) is 4.74 Å². The third-order valence-corrected chi connectivity index (χ3v) is 5.72. The molecule has 1 amide bonds. The Balaban J connectivity index is 1.73. The Kier molecular flexibility index (Phi) is 5.96. The van der Waals surface area contributed by atoms with Gasteiger partial charge in [-0.25, -0.2) is 0 Å². The van der Waals surface area contributed by atoms with Gasteiger partial charge in [0, 0.05) is 0 Å². The lowest BCUT2D eigenvalue weighted by atomic mass is 9.83. The van der Waals surface area contributed by atoms with E-state index in [-0.39, 0.29) is 5.91 Å². The van der Waals surface area contributed by atoms with Gasteiger partial charge in [-0.1, -0.05) is 43.2 Å². The molecule has 1 N–H and O–H groups in total. The fraction of sp³-hybridized carbons (Fsp3) is 0.500. The van der Waals surface area contributed by atoms with Crippen LogP contribution in [0, 0.1) is 11.3 Å². The van der Waals surface area contributed by atoms with Crippen LogP contribution in [0.4, 0.5) is 0 Å². The molecule has 0 aliphatic heterocycles. The molecule has 0 spiro atoms. The minimum atomic E-state index is -0.751. The number of tetrazole rings is 1. The number of rotatable bonds is 6. The molecule has 1 saturated carbocycles. The number of amides is 1. The zero-order chi connectivity index (χ0) is 19.3. The van der Waals surface area contributed by atoms with Gasteiger partial charge in [0.2, 0.25) is 11.1 Å². The van der Waals surface area contributed by atoms with Crippen molar-refractivity contribution in [2.75, 3.05) is 7.11 Å². The maximum Gasteiger partial charge on any atom is 0.234 e. The Bertz CT molecular complexity index is 840. The van der Waals surface area contributed by atoms with Crippen molar-refractivity contribution in [1.29, 1.82) is 5.26 Å². The number of hydrogen-bond acceptors (Lipinski definition) is 7. The zero-order valence-electron chi connectivity index (χ0n) is 15.4. The first-order valence-electron chi connectivity index (χ1n) is 8.90. The average molecular weight is 386 g/mol. The van der Waals surface area contributed by atoms with Crippen molar-refractivity contribution in [3.8, 4) is 17.5 Å². The second-order valence-corrected chi connectivity index (χ2v) is 7.86. The standard InChI is InChI=1S/C18H22N6O2S/c1-13(16(25)20-18(12-19)10-6-3-7-11-18)27-17-21-22-23-24(17)14-8-4-5-9-15(14)26-2/h4-5,8-9,13H,3,6-7,10-11H2,1-2H3,(H,20,25). The number of nitrogens with zero attached hydrogens (tertiary/aromatic N) is 5. The molecular formula is C18H22N6O2S. The first-order chi connectivity index (χ1) is 13.1. The number of thioether (sulfide) groups is 1. The van der Waals surface area contributed by atoms with Gasteiger partial charge in [0.15, 0.2) is 0 Å². The van der Waals surface area contributed by atoms with Gasteiger partial charge in [0.25, 0.3) is 0 Å². The molecule has 9 heteroatoms. The van der Waals surface area contributed by atoms with Crippen LogP contribution < -0.4 is 10.1 Å². The monoisotopic (exact) mass is 386 g/mol. The fourth-order valence-corrected chi connectivity index (χ4v) is 3.98. The molecule has 1 aliphatic carbocycles. The van der Waals surface area contributed by atoms with E-state index < -0.39 is 10.8 Å². The molecule has 0 bridgehead atoms. The summed E-state index contributed by atoms with van der Waals surface area (Å²) in [5.74, 6) is 0.451. The Morgan fingerprint density at radius 2 is 2.11 bits per heavy atom. The molecule has 1 atom stereocenters. The maximum atomic E-state index is 12.7. The molecule has 8 nitrogen and oxygen atoms in total. The van der Waals surface area contributed by atoms with E-state index in [2.05, 4.69) is 26.9 Å². The summed E-state index contributed by atoms with van der Waals surface area (Å²) in [4.78, 5) is 12.7. The predicted octanol–water partition coefficient (Wildman–Crippen LogP) is 2.49. The van der Waals surface area contributed by atoms with Gasteiger partial charge in [-0.3, -0.25) is 4.79 Å². The number of methoxy groups -OCH3 is 1. The van der Waals surface area contributed by atoms with E-state index in [1.54, 1.807) is 18.7 Å². The number of nitriles is 1. The van der Waals surface area contributed by atoms with Crippen molar-refractivity contribution in [2.45, 2.75) is 55.0 Å². The Morgan fingerprint density at radius 3 is 2.81 bits per heavy atom. The van der Waals surface area contributed by atoms with Crippen LogP contribution in [0.15, 0.2) is 29.4 Å². The molecule has 2 aromatic rings. The predicted molar refractivity (Wildman–Crippen MR) is 101 cm³/mol. The van der Waals surface area contributed by atoms with Crippen LogP contribution in [0.25, 0.3) is 5.69 Å². The van der Waals surface area contributed by atoms with Gasteiger partial charge in [-0.05, 0) is 42.3 Å². The lowest BCUT2D eigenvalue weighted by molar-refractivity contribution is -0.121. The van der Waals surface area contributed by atoms with E-state index >= 15 is 0 Å². The van der Waals surface area contributed by atoms with Crippen molar-refractivity contribution in [1.82, 2.24) is 25.5 Å². The summed E-state index contributed by atoms with van der Waals surface area (Å²) in [6.45, 7) is 1.79. The van der Waals surface area contributed by atoms with Crippen LogP contribution in [0.2, 0.25) is 0 Å². The molecule has 142 valence electrons. The Morgan fingerprint density at radius 1 is 1.37 bits per heavy atom. The number of benzene rings is 1. The minimum absolute atomic E-state index is 0.182. The largest absolute Gasteiger partial charge is 0.494 e. The average Bonchev–Trinajstić information content (AvgIpc) is 3.16. The number of hydrogen-bond donors (Lipinski definition) is 1. The molecule has 1 aliphatic rings. The number of ether oxygens (including phenoxy) is 1. The molecule has 0 radical (unpaired) electrons. The Hall–Kier alpha value is -2.60. The van der Waals surface area contributed by atoms with Gasteiger partial charge in [0.1, 0.15) is 17.0 Å². The highest BCUT2D eigenvalue weighted by Gasteiger charge is 2.35. The normalized spacial score (nSPS) is 16.9. The third-order valence-electron chi connectivity index (χ3n) is 4.69. The fourth-order valence-electron chi connectivity index (χ4n) is 3.18. The third kappa shape index (κ3) is 4.22. The van der Waals surface area contributed by atoms with Crippen molar-refractivity contribution in [3.05, 3.63) is 24.3 Å². The summed E-state index contributed by atoms with van der Waals surface area (Å²) in [5.41, 5.74) is -0.0560.